The zero-order valence-corrected chi connectivity index (χ0v) is 16.9. The minimum atomic E-state index is -1.21. The summed E-state index contributed by atoms with van der Waals surface area (Å²) in [4.78, 5) is 41.3. The zero-order valence-electron chi connectivity index (χ0n) is 16.9. The fourth-order valence-corrected chi connectivity index (χ4v) is 5.28. The van der Waals surface area contributed by atoms with Gasteiger partial charge < -0.3 is 15.7 Å². The van der Waals surface area contributed by atoms with Crippen LogP contribution in [0.15, 0.2) is 12.1 Å². The van der Waals surface area contributed by atoms with E-state index in [2.05, 4.69) is 5.32 Å². The fraction of sp³-hybridized carbons (Fsp3) is 0.571. The van der Waals surface area contributed by atoms with Crippen LogP contribution >= 0.6 is 0 Å². The summed E-state index contributed by atoms with van der Waals surface area (Å²) < 4.78 is 0. The van der Waals surface area contributed by atoms with E-state index in [1.54, 1.807) is 12.2 Å². The Bertz CT molecular complexity index is 896. The van der Waals surface area contributed by atoms with Crippen molar-refractivity contribution < 1.29 is 24.8 Å². The molecule has 28 heavy (non-hydrogen) atoms. The molecule has 150 valence electrons. The molecule has 0 aromatic heterocycles. The van der Waals surface area contributed by atoms with Gasteiger partial charge in [-0.1, -0.05) is 13.0 Å². The molecule has 2 fully saturated rings. The summed E-state index contributed by atoms with van der Waals surface area (Å²) in [6.45, 7) is 9.31. The van der Waals surface area contributed by atoms with Gasteiger partial charge in [-0.25, -0.2) is 0 Å². The van der Waals surface area contributed by atoms with Crippen molar-refractivity contribution in [3.63, 3.8) is 0 Å². The van der Waals surface area contributed by atoms with E-state index in [4.69, 9.17) is 0 Å². The second kappa shape index (κ2) is 6.12. The average molecular weight is 386 g/mol. The Labute approximate surface area is 164 Å². The van der Waals surface area contributed by atoms with E-state index in [-0.39, 0.29) is 23.8 Å². The Kier molecular flexibility index (Phi) is 4.17. The van der Waals surface area contributed by atoms with Crippen molar-refractivity contribution in [2.45, 2.75) is 64.8 Å². The molecule has 3 aliphatic heterocycles. The number of hydrogen-bond acceptors (Lipinski definition) is 4. The number of nitrogens with one attached hydrogen (secondary N) is 1. The highest BCUT2D eigenvalue weighted by Crippen LogP contribution is 2.50. The number of benzene rings is 1. The van der Waals surface area contributed by atoms with E-state index in [0.29, 0.717) is 6.42 Å². The maximum Gasteiger partial charge on any atom is 0.291 e. The van der Waals surface area contributed by atoms with Gasteiger partial charge in [0.15, 0.2) is 0 Å². The Balaban J connectivity index is 1.93. The van der Waals surface area contributed by atoms with Gasteiger partial charge in [0.1, 0.15) is 24.0 Å². The molecule has 7 heteroatoms. The molecule has 0 saturated carbocycles. The smallest absolute Gasteiger partial charge is 0.291 e. The second-order valence-corrected chi connectivity index (χ2v) is 8.54. The molecular weight excluding hydrogens is 358 g/mol. The number of aryl methyl sites for hydroxylation is 1. The number of imide groups is 1. The van der Waals surface area contributed by atoms with E-state index in [1.165, 1.54) is 4.90 Å². The van der Waals surface area contributed by atoms with Gasteiger partial charge in [0.2, 0.25) is 17.4 Å². The van der Waals surface area contributed by atoms with E-state index in [0.717, 1.165) is 22.4 Å². The number of amides is 3. The molecule has 3 heterocycles. The summed E-state index contributed by atoms with van der Waals surface area (Å²) in [6.07, 6.45) is -0.183. The highest BCUT2D eigenvalue weighted by atomic mass is 16.3. The number of quaternary nitrogens is 1. The molecule has 0 bridgehead atoms. The largest absolute Gasteiger partial charge is 0.387 e. The van der Waals surface area contributed by atoms with Crippen molar-refractivity contribution in [1.82, 2.24) is 4.90 Å². The van der Waals surface area contributed by atoms with Crippen LogP contribution in [0.5, 0.6) is 0 Å². The molecule has 4 N–H and O–H groups in total. The van der Waals surface area contributed by atoms with Crippen LogP contribution in [0.25, 0.3) is 0 Å². The normalized spacial score (nSPS) is 33.3. The maximum atomic E-state index is 13.5. The van der Waals surface area contributed by atoms with Crippen molar-refractivity contribution in [2.24, 2.45) is 11.8 Å². The molecule has 0 unspecified atom stereocenters. The highest BCUT2D eigenvalue weighted by molar-refractivity contribution is 6.14. The molecule has 2 saturated heterocycles. The molecule has 1 aromatic rings. The van der Waals surface area contributed by atoms with Crippen LogP contribution in [0, 0.1) is 25.7 Å². The molecule has 3 amide bonds. The molecule has 6 atom stereocenters. The second-order valence-electron chi connectivity index (χ2n) is 8.54. The highest BCUT2D eigenvalue weighted by Gasteiger charge is 2.75. The SMILES string of the molecule is CC[C@H](C)N1C(=O)[C@@H]2[C@H]([C@@H](C)O)[NH2+][C@]3(C(=O)Nc4c3ccc(C)c4C)[C@@H]2C1=O. The number of nitrogens with zero attached hydrogens (tertiary/aromatic N) is 1. The standard InChI is InChI=1S/C21H27N3O4/c1-6-10(3)24-18(26)14-15(19(24)27)21(23-17(14)12(5)25)13-8-7-9(2)11(4)16(13)22-20(21)28/h7-8,10,12,14-15,17,23,25H,6H2,1-5H3,(H,22,28)/p+1/t10-,12+,14-,15-,17-,21-/m0/s1. The van der Waals surface area contributed by atoms with Gasteiger partial charge in [0.05, 0.1) is 5.69 Å². The minimum absolute atomic E-state index is 0.235. The van der Waals surface area contributed by atoms with Crippen molar-refractivity contribution in [3.8, 4) is 0 Å². The number of hydrogen-bond donors (Lipinski definition) is 3. The van der Waals surface area contributed by atoms with Crippen molar-refractivity contribution in [3.05, 3.63) is 28.8 Å². The predicted octanol–water partition coefficient (Wildman–Crippen LogP) is 0.177. The van der Waals surface area contributed by atoms with Crippen LogP contribution in [0.4, 0.5) is 5.69 Å². The first-order valence-corrected chi connectivity index (χ1v) is 9.99. The lowest BCUT2D eigenvalue weighted by molar-refractivity contribution is -0.738. The van der Waals surface area contributed by atoms with Gasteiger partial charge >= 0.3 is 0 Å². The maximum absolute atomic E-state index is 13.5. The molecule has 7 nitrogen and oxygen atoms in total. The Morgan fingerprint density at radius 2 is 1.89 bits per heavy atom. The molecule has 1 aromatic carbocycles. The first-order valence-electron chi connectivity index (χ1n) is 9.99. The summed E-state index contributed by atoms with van der Waals surface area (Å²) in [7, 11) is 0. The van der Waals surface area contributed by atoms with Crippen LogP contribution < -0.4 is 10.6 Å². The number of aliphatic hydroxyl groups excluding tert-OH is 1. The van der Waals surface area contributed by atoms with Gasteiger partial charge in [0.25, 0.3) is 5.91 Å². The summed E-state index contributed by atoms with van der Waals surface area (Å²) in [5, 5.41) is 15.2. The van der Waals surface area contributed by atoms with Crippen LogP contribution in [0.2, 0.25) is 0 Å². The summed E-state index contributed by atoms with van der Waals surface area (Å²) >= 11 is 0. The van der Waals surface area contributed by atoms with Crippen molar-refractivity contribution >= 4 is 23.4 Å². The molecule has 0 aliphatic carbocycles. The van der Waals surface area contributed by atoms with E-state index < -0.39 is 29.5 Å². The predicted molar refractivity (Wildman–Crippen MR) is 102 cm³/mol. The first kappa shape index (κ1) is 19.1. The molecule has 3 aliphatic rings. The Morgan fingerprint density at radius 1 is 1.21 bits per heavy atom. The summed E-state index contributed by atoms with van der Waals surface area (Å²) in [5.41, 5.74) is 2.27. The number of nitrogens with two attached hydrogens (primary N) is 1. The Hall–Kier alpha value is -2.25. The third-order valence-electron chi connectivity index (χ3n) is 7.13. The lowest BCUT2D eigenvalue weighted by Crippen LogP contribution is -3.00. The van der Waals surface area contributed by atoms with Crippen LogP contribution in [-0.2, 0) is 19.9 Å². The molecule has 4 rings (SSSR count). The van der Waals surface area contributed by atoms with E-state index >= 15 is 0 Å². The van der Waals surface area contributed by atoms with Gasteiger partial charge in [-0.3, -0.25) is 19.3 Å². The summed E-state index contributed by atoms with van der Waals surface area (Å²) in [6, 6.07) is 3.05. The van der Waals surface area contributed by atoms with Crippen molar-refractivity contribution in [1.29, 1.82) is 0 Å². The number of carbonyl (C=O) groups excluding carboxylic acids is 3. The average Bonchev–Trinajstić information content (AvgIpc) is 3.24. The fourth-order valence-electron chi connectivity index (χ4n) is 5.28. The number of aliphatic hydroxyl groups is 1. The number of likely N-dealkylation sites (tertiary alicyclic amines) is 1. The third-order valence-corrected chi connectivity index (χ3v) is 7.13. The quantitative estimate of drug-likeness (QED) is 0.645. The third kappa shape index (κ3) is 2.14. The molecule has 1 spiro atoms. The minimum Gasteiger partial charge on any atom is -0.387 e. The number of anilines is 1. The van der Waals surface area contributed by atoms with Gasteiger partial charge in [0, 0.05) is 11.6 Å². The van der Waals surface area contributed by atoms with Gasteiger partial charge in [-0.2, -0.15) is 0 Å². The van der Waals surface area contributed by atoms with Crippen LogP contribution in [-0.4, -0.2) is 45.9 Å². The topological polar surface area (TPSA) is 103 Å². The van der Waals surface area contributed by atoms with Gasteiger partial charge in [-0.15, -0.1) is 0 Å². The number of fused-ring (bicyclic) bond motifs is 4. The zero-order chi connectivity index (χ0) is 20.5. The van der Waals surface area contributed by atoms with E-state index in [1.807, 2.05) is 39.8 Å². The van der Waals surface area contributed by atoms with Crippen molar-refractivity contribution in [2.75, 3.05) is 5.32 Å². The molecule has 0 radical (unpaired) electrons. The lowest BCUT2D eigenvalue weighted by Gasteiger charge is -2.29. The van der Waals surface area contributed by atoms with Crippen LogP contribution in [0.3, 0.4) is 0 Å². The van der Waals surface area contributed by atoms with E-state index in [9.17, 15) is 19.5 Å². The monoisotopic (exact) mass is 386 g/mol. The lowest BCUT2D eigenvalue weighted by atomic mass is 9.76. The molecular formula is C21H28N3O4+. The number of rotatable bonds is 3. The summed E-state index contributed by atoms with van der Waals surface area (Å²) in [5.74, 6) is -2.36. The van der Waals surface area contributed by atoms with Gasteiger partial charge in [-0.05, 0) is 51.3 Å². The van der Waals surface area contributed by atoms with Crippen LogP contribution in [0.1, 0.15) is 43.9 Å². The Morgan fingerprint density at radius 3 is 2.50 bits per heavy atom. The first-order chi connectivity index (χ1) is 13.2. The number of carbonyl (C=O) groups is 3.